The average Bonchev–Trinajstić information content (AvgIpc) is 2.78. The summed E-state index contributed by atoms with van der Waals surface area (Å²) < 4.78 is 12.6. The summed E-state index contributed by atoms with van der Waals surface area (Å²) >= 11 is 12.2. The van der Waals surface area contributed by atoms with Crippen molar-refractivity contribution in [3.05, 3.63) is 33.4 Å². The van der Waals surface area contributed by atoms with Crippen molar-refractivity contribution in [3.63, 3.8) is 0 Å². The van der Waals surface area contributed by atoms with Crippen LogP contribution in [-0.4, -0.2) is 27.0 Å². The SMILES string of the molecule is Cc1nn(C)c(Oc2cc(O[C@@H](C)C(=O)O)c(Cl)cc2Cl)c1CC#N. The van der Waals surface area contributed by atoms with Gasteiger partial charge < -0.3 is 14.6 Å². The highest BCUT2D eigenvalue weighted by molar-refractivity contribution is 6.36. The Labute approximate surface area is 154 Å². The maximum Gasteiger partial charge on any atom is 0.344 e. The number of rotatable bonds is 6. The van der Waals surface area contributed by atoms with E-state index in [1.165, 1.54) is 23.7 Å². The molecule has 9 heteroatoms. The van der Waals surface area contributed by atoms with Gasteiger partial charge in [0.25, 0.3) is 0 Å². The molecule has 1 heterocycles. The van der Waals surface area contributed by atoms with E-state index in [9.17, 15) is 4.79 Å². The zero-order chi connectivity index (χ0) is 18.7. The Hall–Kier alpha value is -2.43. The molecule has 0 saturated heterocycles. The summed E-state index contributed by atoms with van der Waals surface area (Å²) in [6, 6.07) is 4.86. The number of nitriles is 1. The Morgan fingerprint density at radius 3 is 2.64 bits per heavy atom. The molecule has 25 heavy (non-hydrogen) atoms. The molecule has 0 bridgehead atoms. The van der Waals surface area contributed by atoms with Gasteiger partial charge in [-0.2, -0.15) is 10.4 Å². The van der Waals surface area contributed by atoms with Crippen LogP contribution in [0.4, 0.5) is 0 Å². The molecular formula is C16H15Cl2N3O4. The maximum absolute atomic E-state index is 11.0. The van der Waals surface area contributed by atoms with Crippen LogP contribution in [0.1, 0.15) is 18.2 Å². The zero-order valence-corrected chi connectivity index (χ0v) is 15.2. The lowest BCUT2D eigenvalue weighted by atomic mass is 10.2. The molecule has 7 nitrogen and oxygen atoms in total. The largest absolute Gasteiger partial charge is 0.479 e. The number of carboxylic acids is 1. The van der Waals surface area contributed by atoms with E-state index in [4.69, 9.17) is 43.0 Å². The highest BCUT2D eigenvalue weighted by atomic mass is 35.5. The molecule has 0 aliphatic carbocycles. The molecule has 0 aliphatic heterocycles. The van der Waals surface area contributed by atoms with Crippen molar-refractivity contribution >= 4 is 29.2 Å². The first-order chi connectivity index (χ1) is 11.7. The van der Waals surface area contributed by atoms with Gasteiger partial charge in [0.05, 0.1) is 33.8 Å². The number of ether oxygens (including phenoxy) is 2. The van der Waals surface area contributed by atoms with Crippen LogP contribution in [0.25, 0.3) is 0 Å². The Morgan fingerprint density at radius 1 is 1.40 bits per heavy atom. The molecule has 0 spiro atoms. The summed E-state index contributed by atoms with van der Waals surface area (Å²) in [6.07, 6.45) is -0.973. The summed E-state index contributed by atoms with van der Waals surface area (Å²) in [7, 11) is 1.68. The van der Waals surface area contributed by atoms with E-state index >= 15 is 0 Å². The highest BCUT2D eigenvalue weighted by Gasteiger charge is 2.20. The molecule has 0 aliphatic rings. The van der Waals surface area contributed by atoms with Crippen LogP contribution in [0, 0.1) is 18.3 Å². The first kappa shape index (κ1) is 18.9. The second-order valence-electron chi connectivity index (χ2n) is 5.24. The summed E-state index contributed by atoms with van der Waals surface area (Å²) in [5.74, 6) is -0.440. The van der Waals surface area contributed by atoms with Crippen molar-refractivity contribution in [3.8, 4) is 23.4 Å². The fourth-order valence-electron chi connectivity index (χ4n) is 2.12. The topological polar surface area (TPSA) is 97.4 Å². The minimum Gasteiger partial charge on any atom is -0.479 e. The summed E-state index contributed by atoms with van der Waals surface area (Å²) in [5.41, 5.74) is 1.30. The molecule has 0 amide bonds. The lowest BCUT2D eigenvalue weighted by Gasteiger charge is -2.15. The summed E-state index contributed by atoms with van der Waals surface area (Å²) in [5, 5.41) is 22.5. The van der Waals surface area contributed by atoms with Gasteiger partial charge in [-0.25, -0.2) is 9.48 Å². The molecule has 0 fully saturated rings. The monoisotopic (exact) mass is 383 g/mol. The van der Waals surface area contributed by atoms with E-state index in [1.54, 1.807) is 14.0 Å². The van der Waals surface area contributed by atoms with Crippen LogP contribution in [0.3, 0.4) is 0 Å². The first-order valence-corrected chi connectivity index (χ1v) is 7.96. The van der Waals surface area contributed by atoms with Crippen molar-refractivity contribution in [2.75, 3.05) is 0 Å². The molecule has 2 rings (SSSR count). The second kappa shape index (κ2) is 7.64. The van der Waals surface area contributed by atoms with E-state index in [-0.39, 0.29) is 28.0 Å². The van der Waals surface area contributed by atoms with Crippen LogP contribution in [0.2, 0.25) is 10.0 Å². The third-order valence-electron chi connectivity index (χ3n) is 3.39. The fourth-order valence-corrected chi connectivity index (χ4v) is 2.58. The minimum absolute atomic E-state index is 0.122. The number of carboxylic acid groups (broad SMARTS) is 1. The van der Waals surface area contributed by atoms with E-state index in [2.05, 4.69) is 11.2 Å². The lowest BCUT2D eigenvalue weighted by molar-refractivity contribution is -0.144. The van der Waals surface area contributed by atoms with Gasteiger partial charge in [-0.1, -0.05) is 23.2 Å². The predicted octanol–water partition coefficient (Wildman–Crippen LogP) is 3.75. The maximum atomic E-state index is 11.0. The van der Waals surface area contributed by atoms with Crippen molar-refractivity contribution in [1.29, 1.82) is 5.26 Å². The Kier molecular flexibility index (Phi) is 5.77. The van der Waals surface area contributed by atoms with Crippen LogP contribution in [0.15, 0.2) is 12.1 Å². The van der Waals surface area contributed by atoms with Crippen LogP contribution < -0.4 is 9.47 Å². The third-order valence-corrected chi connectivity index (χ3v) is 3.98. The molecule has 1 aromatic heterocycles. The Bertz CT molecular complexity index is 858. The normalized spacial score (nSPS) is 11.7. The van der Waals surface area contributed by atoms with Gasteiger partial charge in [-0.15, -0.1) is 0 Å². The van der Waals surface area contributed by atoms with Crippen molar-refractivity contribution < 1.29 is 19.4 Å². The van der Waals surface area contributed by atoms with Gasteiger partial charge in [-0.05, 0) is 19.9 Å². The average molecular weight is 384 g/mol. The number of aliphatic carboxylic acids is 1. The molecule has 2 aromatic rings. The van der Waals surface area contributed by atoms with Gasteiger partial charge >= 0.3 is 5.97 Å². The molecule has 0 radical (unpaired) electrons. The second-order valence-corrected chi connectivity index (χ2v) is 6.06. The smallest absolute Gasteiger partial charge is 0.344 e. The van der Waals surface area contributed by atoms with Gasteiger partial charge in [0.2, 0.25) is 5.88 Å². The van der Waals surface area contributed by atoms with E-state index in [1.807, 2.05) is 0 Å². The minimum atomic E-state index is -1.13. The molecule has 0 saturated carbocycles. The third kappa shape index (κ3) is 4.16. The van der Waals surface area contributed by atoms with Gasteiger partial charge in [0.15, 0.2) is 11.9 Å². The van der Waals surface area contributed by atoms with Gasteiger partial charge in [-0.3, -0.25) is 0 Å². The molecular weight excluding hydrogens is 369 g/mol. The van der Waals surface area contributed by atoms with Crippen LogP contribution in [0.5, 0.6) is 17.4 Å². The van der Waals surface area contributed by atoms with E-state index in [0.717, 1.165) is 0 Å². The summed E-state index contributed by atoms with van der Waals surface area (Å²) in [4.78, 5) is 11.0. The van der Waals surface area contributed by atoms with E-state index in [0.29, 0.717) is 17.1 Å². The standard InChI is InChI=1S/C16H15Cl2N3O4/c1-8-10(4-5-19)15(21(3)20-8)25-14-7-13(11(17)6-12(14)18)24-9(2)16(22)23/h6-7,9H,4H2,1-3H3,(H,22,23)/t9-/m0/s1. The Balaban J connectivity index is 2.41. The number of hydrogen-bond donors (Lipinski definition) is 1. The molecule has 1 N–H and O–H groups in total. The number of aryl methyl sites for hydroxylation is 2. The first-order valence-electron chi connectivity index (χ1n) is 7.20. The molecule has 0 unspecified atom stereocenters. The summed E-state index contributed by atoms with van der Waals surface area (Å²) in [6.45, 7) is 3.15. The number of carbonyl (C=O) groups is 1. The Morgan fingerprint density at radius 2 is 2.04 bits per heavy atom. The van der Waals surface area contributed by atoms with Crippen LogP contribution >= 0.6 is 23.2 Å². The number of benzene rings is 1. The number of aromatic nitrogens is 2. The fraction of sp³-hybridized carbons (Fsp3) is 0.312. The van der Waals surface area contributed by atoms with E-state index < -0.39 is 12.1 Å². The zero-order valence-electron chi connectivity index (χ0n) is 13.7. The highest BCUT2D eigenvalue weighted by Crippen LogP contribution is 2.39. The van der Waals surface area contributed by atoms with Crippen molar-refractivity contribution in [2.45, 2.75) is 26.4 Å². The lowest BCUT2D eigenvalue weighted by Crippen LogP contribution is -2.23. The molecule has 1 atom stereocenters. The number of nitrogens with zero attached hydrogens (tertiary/aromatic N) is 3. The van der Waals surface area contributed by atoms with Gasteiger partial charge in [0, 0.05) is 13.1 Å². The van der Waals surface area contributed by atoms with Gasteiger partial charge in [0.1, 0.15) is 5.75 Å². The van der Waals surface area contributed by atoms with Crippen molar-refractivity contribution in [2.24, 2.45) is 7.05 Å². The quantitative estimate of drug-likeness (QED) is 0.815. The number of halogens is 2. The predicted molar refractivity (Wildman–Crippen MR) is 91.5 cm³/mol. The van der Waals surface area contributed by atoms with Crippen LogP contribution in [-0.2, 0) is 18.3 Å². The number of hydrogen-bond acceptors (Lipinski definition) is 5. The molecule has 1 aromatic carbocycles. The molecule has 132 valence electrons. The van der Waals surface area contributed by atoms with Crippen molar-refractivity contribution in [1.82, 2.24) is 9.78 Å².